The van der Waals surface area contributed by atoms with Crippen molar-refractivity contribution in [1.82, 2.24) is 14.9 Å². The monoisotopic (exact) mass is 193 g/mol. The van der Waals surface area contributed by atoms with Crippen LogP contribution in [0.15, 0.2) is 12.5 Å². The van der Waals surface area contributed by atoms with Gasteiger partial charge >= 0.3 is 0 Å². The standard InChI is InChI=1S/C11H19N3/c1-2-6-14-9-12-7-11(14)8-13-10-4-3-5-10/h7,9-10,13H,2-6,8H2,1H3. The van der Waals surface area contributed by atoms with E-state index >= 15 is 0 Å². The fourth-order valence-corrected chi connectivity index (χ4v) is 1.80. The van der Waals surface area contributed by atoms with Gasteiger partial charge in [-0.15, -0.1) is 0 Å². The van der Waals surface area contributed by atoms with Gasteiger partial charge in [0.15, 0.2) is 0 Å². The Hall–Kier alpha value is -0.830. The molecule has 0 radical (unpaired) electrons. The Morgan fingerprint density at radius 2 is 2.43 bits per heavy atom. The molecule has 1 aromatic heterocycles. The molecule has 2 rings (SSSR count). The second kappa shape index (κ2) is 4.60. The van der Waals surface area contributed by atoms with E-state index in [1.165, 1.54) is 31.4 Å². The minimum absolute atomic E-state index is 0.764. The molecule has 0 unspecified atom stereocenters. The number of aromatic nitrogens is 2. The van der Waals surface area contributed by atoms with Crippen molar-refractivity contribution < 1.29 is 0 Å². The van der Waals surface area contributed by atoms with Gasteiger partial charge in [0.05, 0.1) is 12.0 Å². The summed E-state index contributed by atoms with van der Waals surface area (Å²) in [5.74, 6) is 0. The van der Waals surface area contributed by atoms with Gasteiger partial charge in [-0.05, 0) is 19.3 Å². The third-order valence-electron chi connectivity index (χ3n) is 2.94. The molecule has 0 bridgehead atoms. The molecule has 1 aromatic rings. The molecule has 0 aromatic carbocycles. The topological polar surface area (TPSA) is 29.9 Å². The summed E-state index contributed by atoms with van der Waals surface area (Å²) in [6, 6.07) is 0.764. The summed E-state index contributed by atoms with van der Waals surface area (Å²) in [6.45, 7) is 4.26. The smallest absolute Gasteiger partial charge is 0.0948 e. The Kier molecular flexibility index (Phi) is 3.19. The highest BCUT2D eigenvalue weighted by Gasteiger charge is 2.16. The average molecular weight is 193 g/mol. The maximum atomic E-state index is 4.19. The van der Waals surface area contributed by atoms with Crippen LogP contribution in [0.3, 0.4) is 0 Å². The van der Waals surface area contributed by atoms with Crippen LogP contribution in [0.1, 0.15) is 38.3 Å². The minimum Gasteiger partial charge on any atom is -0.333 e. The molecule has 0 amide bonds. The highest BCUT2D eigenvalue weighted by Crippen LogP contribution is 2.18. The SMILES string of the molecule is CCCn1cncc1CNC1CCC1. The van der Waals surface area contributed by atoms with Crippen molar-refractivity contribution >= 4 is 0 Å². The van der Waals surface area contributed by atoms with Gasteiger partial charge in [-0.25, -0.2) is 4.98 Å². The lowest BCUT2D eigenvalue weighted by molar-refractivity contribution is 0.335. The zero-order chi connectivity index (χ0) is 9.80. The molecule has 14 heavy (non-hydrogen) atoms. The number of nitrogens with zero attached hydrogens (tertiary/aromatic N) is 2. The number of nitrogens with one attached hydrogen (secondary N) is 1. The first-order valence-electron chi connectivity index (χ1n) is 5.62. The third-order valence-corrected chi connectivity index (χ3v) is 2.94. The van der Waals surface area contributed by atoms with E-state index in [9.17, 15) is 0 Å². The second-order valence-corrected chi connectivity index (χ2v) is 4.09. The van der Waals surface area contributed by atoms with Crippen LogP contribution in [0.2, 0.25) is 0 Å². The Labute approximate surface area is 85.5 Å². The molecule has 0 atom stereocenters. The van der Waals surface area contributed by atoms with E-state index in [-0.39, 0.29) is 0 Å². The summed E-state index contributed by atoms with van der Waals surface area (Å²) in [5.41, 5.74) is 1.32. The van der Waals surface area contributed by atoms with E-state index in [0.717, 1.165) is 19.1 Å². The lowest BCUT2D eigenvalue weighted by Crippen LogP contribution is -2.35. The molecule has 1 N–H and O–H groups in total. The average Bonchev–Trinajstić information content (AvgIpc) is 2.51. The van der Waals surface area contributed by atoms with Crippen molar-refractivity contribution in [2.45, 2.75) is 51.7 Å². The van der Waals surface area contributed by atoms with Gasteiger partial charge < -0.3 is 9.88 Å². The fraction of sp³-hybridized carbons (Fsp3) is 0.727. The maximum Gasteiger partial charge on any atom is 0.0948 e. The highest BCUT2D eigenvalue weighted by atomic mass is 15.1. The lowest BCUT2D eigenvalue weighted by atomic mass is 9.93. The van der Waals surface area contributed by atoms with Crippen LogP contribution < -0.4 is 5.32 Å². The Balaban J connectivity index is 1.84. The predicted octanol–water partition coefficient (Wildman–Crippen LogP) is 1.94. The Bertz CT molecular complexity index is 276. The van der Waals surface area contributed by atoms with Crippen LogP contribution >= 0.6 is 0 Å². The zero-order valence-electron chi connectivity index (χ0n) is 8.87. The van der Waals surface area contributed by atoms with E-state index in [0.29, 0.717) is 0 Å². The van der Waals surface area contributed by atoms with Gasteiger partial charge in [-0.2, -0.15) is 0 Å². The van der Waals surface area contributed by atoms with Crippen LogP contribution in [0, 0.1) is 0 Å². The normalized spacial score (nSPS) is 16.9. The first kappa shape index (κ1) is 9.71. The lowest BCUT2D eigenvalue weighted by Gasteiger charge is -2.26. The first-order chi connectivity index (χ1) is 6.90. The second-order valence-electron chi connectivity index (χ2n) is 4.09. The molecular formula is C11H19N3. The van der Waals surface area contributed by atoms with E-state index < -0.39 is 0 Å². The molecule has 1 fully saturated rings. The predicted molar refractivity (Wildman–Crippen MR) is 57.0 cm³/mol. The molecule has 3 nitrogen and oxygen atoms in total. The van der Waals surface area contributed by atoms with Gasteiger partial charge in [-0.1, -0.05) is 13.3 Å². The Morgan fingerprint density at radius 1 is 1.57 bits per heavy atom. The molecule has 1 heterocycles. The molecule has 0 aliphatic heterocycles. The maximum absolute atomic E-state index is 4.19. The van der Waals surface area contributed by atoms with Crippen LogP contribution in [-0.4, -0.2) is 15.6 Å². The summed E-state index contributed by atoms with van der Waals surface area (Å²) in [7, 11) is 0. The molecule has 1 aliphatic carbocycles. The van der Waals surface area contributed by atoms with Gasteiger partial charge in [-0.3, -0.25) is 0 Å². The van der Waals surface area contributed by atoms with Gasteiger partial charge in [0.25, 0.3) is 0 Å². The largest absolute Gasteiger partial charge is 0.333 e. The van der Waals surface area contributed by atoms with E-state index in [1.54, 1.807) is 0 Å². The number of aryl methyl sites for hydroxylation is 1. The van der Waals surface area contributed by atoms with Gasteiger partial charge in [0, 0.05) is 25.3 Å². The third kappa shape index (κ3) is 2.15. The number of imidazole rings is 1. The van der Waals surface area contributed by atoms with Crippen molar-refractivity contribution in [3.8, 4) is 0 Å². The molecular weight excluding hydrogens is 174 g/mol. The van der Waals surface area contributed by atoms with Crippen molar-refractivity contribution in [3.05, 3.63) is 18.2 Å². The summed E-state index contributed by atoms with van der Waals surface area (Å²) in [5, 5.41) is 3.56. The summed E-state index contributed by atoms with van der Waals surface area (Å²) in [4.78, 5) is 4.19. The van der Waals surface area contributed by atoms with E-state index in [1.807, 2.05) is 12.5 Å². The number of hydrogen-bond donors (Lipinski definition) is 1. The minimum atomic E-state index is 0.764. The summed E-state index contributed by atoms with van der Waals surface area (Å²) >= 11 is 0. The van der Waals surface area contributed by atoms with Crippen molar-refractivity contribution in [3.63, 3.8) is 0 Å². The highest BCUT2D eigenvalue weighted by molar-refractivity contribution is 4.98. The van der Waals surface area contributed by atoms with Crippen LogP contribution in [-0.2, 0) is 13.1 Å². The molecule has 1 aliphatic rings. The molecule has 0 spiro atoms. The first-order valence-corrected chi connectivity index (χ1v) is 5.62. The van der Waals surface area contributed by atoms with E-state index in [4.69, 9.17) is 0 Å². The number of rotatable bonds is 5. The molecule has 0 saturated heterocycles. The molecule has 78 valence electrons. The van der Waals surface area contributed by atoms with E-state index in [2.05, 4.69) is 21.8 Å². The van der Waals surface area contributed by atoms with Crippen LogP contribution in [0.5, 0.6) is 0 Å². The molecule has 3 heteroatoms. The van der Waals surface area contributed by atoms with Crippen molar-refractivity contribution in [1.29, 1.82) is 0 Å². The fourth-order valence-electron chi connectivity index (χ4n) is 1.80. The van der Waals surface area contributed by atoms with Crippen molar-refractivity contribution in [2.24, 2.45) is 0 Å². The summed E-state index contributed by atoms with van der Waals surface area (Å²) in [6.07, 6.45) is 9.17. The van der Waals surface area contributed by atoms with Gasteiger partial charge in [0.2, 0.25) is 0 Å². The summed E-state index contributed by atoms with van der Waals surface area (Å²) < 4.78 is 2.24. The van der Waals surface area contributed by atoms with Crippen LogP contribution in [0.25, 0.3) is 0 Å². The van der Waals surface area contributed by atoms with Gasteiger partial charge in [0.1, 0.15) is 0 Å². The molecule has 1 saturated carbocycles. The quantitative estimate of drug-likeness (QED) is 0.774. The van der Waals surface area contributed by atoms with Crippen LogP contribution in [0.4, 0.5) is 0 Å². The number of hydrogen-bond acceptors (Lipinski definition) is 2. The van der Waals surface area contributed by atoms with Crippen molar-refractivity contribution in [2.75, 3.05) is 0 Å². The zero-order valence-corrected chi connectivity index (χ0v) is 8.87. The Morgan fingerprint density at radius 3 is 3.07 bits per heavy atom.